The number of aromatic nitrogens is 1. The summed E-state index contributed by atoms with van der Waals surface area (Å²) in [5.74, 6) is -0.952. The van der Waals surface area contributed by atoms with Gasteiger partial charge >= 0.3 is 0 Å². The number of carbonyl (C=O) groups is 1. The first-order valence-corrected chi connectivity index (χ1v) is 12.2. The first-order chi connectivity index (χ1) is 15.1. The lowest BCUT2D eigenvalue weighted by molar-refractivity contribution is -0.110. The molecule has 1 fully saturated rings. The number of fused-ring (bicyclic) bond motifs is 1. The molecule has 0 saturated carbocycles. The molecule has 4 rings (SSSR count). The van der Waals surface area contributed by atoms with Crippen molar-refractivity contribution in [2.75, 3.05) is 13.1 Å². The van der Waals surface area contributed by atoms with Crippen molar-refractivity contribution in [3.05, 3.63) is 64.3 Å². The molecule has 2 heterocycles. The lowest BCUT2D eigenvalue weighted by atomic mass is 9.88. The number of piperidine rings is 1. The standard InChI is InChI=1S/C23H23ClF2N2O3S/c1-14(13-29)28-15(2)23(19-11-17(25)3-5-21(19)28)16-7-9-27(10-8-16)32(30,31)22-6-4-18(26)12-20(22)24/h3-6,11-14,16H,7-10H2,1-2H3. The van der Waals surface area contributed by atoms with E-state index in [2.05, 4.69) is 0 Å². The molecule has 0 bridgehead atoms. The van der Waals surface area contributed by atoms with Crippen LogP contribution < -0.4 is 0 Å². The molecular weight excluding hydrogens is 458 g/mol. The number of aldehydes is 1. The molecule has 0 aliphatic carbocycles. The van der Waals surface area contributed by atoms with Crippen LogP contribution in [0.3, 0.4) is 0 Å². The molecule has 3 aromatic rings. The average molecular weight is 481 g/mol. The van der Waals surface area contributed by atoms with Crippen molar-refractivity contribution in [2.45, 2.75) is 43.5 Å². The normalized spacial score (nSPS) is 17.0. The van der Waals surface area contributed by atoms with Gasteiger partial charge in [0.15, 0.2) is 0 Å². The van der Waals surface area contributed by atoms with Gasteiger partial charge in [0.2, 0.25) is 10.0 Å². The minimum Gasteiger partial charge on any atom is -0.335 e. The van der Waals surface area contributed by atoms with Crippen molar-refractivity contribution < 1.29 is 22.0 Å². The Morgan fingerprint density at radius 3 is 2.34 bits per heavy atom. The number of sulfonamides is 1. The van der Waals surface area contributed by atoms with Gasteiger partial charge in [0.1, 0.15) is 22.8 Å². The molecule has 170 valence electrons. The van der Waals surface area contributed by atoms with Crippen molar-refractivity contribution in [1.82, 2.24) is 8.87 Å². The van der Waals surface area contributed by atoms with Crippen molar-refractivity contribution in [3.8, 4) is 0 Å². The van der Waals surface area contributed by atoms with E-state index in [1.807, 2.05) is 11.5 Å². The van der Waals surface area contributed by atoms with E-state index < -0.39 is 21.9 Å². The zero-order chi connectivity index (χ0) is 23.2. The zero-order valence-electron chi connectivity index (χ0n) is 17.7. The molecule has 2 aromatic carbocycles. The molecule has 9 heteroatoms. The smallest absolute Gasteiger partial charge is 0.244 e. The summed E-state index contributed by atoms with van der Waals surface area (Å²) in [7, 11) is -3.86. The molecule has 1 aliphatic heterocycles. The van der Waals surface area contributed by atoms with E-state index in [0.717, 1.165) is 40.6 Å². The van der Waals surface area contributed by atoms with Crippen LogP contribution in [0.1, 0.15) is 43.0 Å². The molecule has 1 saturated heterocycles. The van der Waals surface area contributed by atoms with Crippen LogP contribution in [0.25, 0.3) is 10.9 Å². The molecule has 1 atom stereocenters. The Bertz CT molecular complexity index is 1300. The second kappa shape index (κ2) is 8.57. The number of rotatable bonds is 5. The molecule has 0 spiro atoms. The predicted molar refractivity (Wildman–Crippen MR) is 120 cm³/mol. The molecule has 1 aromatic heterocycles. The van der Waals surface area contributed by atoms with E-state index >= 15 is 0 Å². The summed E-state index contributed by atoms with van der Waals surface area (Å²) in [4.78, 5) is 11.4. The first-order valence-electron chi connectivity index (χ1n) is 10.4. The highest BCUT2D eigenvalue weighted by Crippen LogP contribution is 2.40. The fourth-order valence-electron chi connectivity index (χ4n) is 4.75. The summed E-state index contributed by atoms with van der Waals surface area (Å²) in [5, 5.41) is 0.600. The predicted octanol–water partition coefficient (Wildman–Crippen LogP) is 5.21. The molecule has 0 amide bonds. The SMILES string of the molecule is Cc1c(C2CCN(S(=O)(=O)c3ccc(F)cc3Cl)CC2)c2cc(F)ccc2n1C(C)C=O. The fraction of sp³-hybridized carbons (Fsp3) is 0.348. The van der Waals surface area contributed by atoms with Gasteiger partial charge in [-0.1, -0.05) is 11.6 Å². The number of carbonyl (C=O) groups excluding carboxylic acids is 1. The van der Waals surface area contributed by atoms with Crippen LogP contribution in [0, 0.1) is 18.6 Å². The lowest BCUT2D eigenvalue weighted by Crippen LogP contribution is -2.38. The number of hydrogen-bond acceptors (Lipinski definition) is 3. The number of benzene rings is 2. The highest BCUT2D eigenvalue weighted by molar-refractivity contribution is 7.89. The van der Waals surface area contributed by atoms with E-state index in [1.54, 1.807) is 13.0 Å². The topological polar surface area (TPSA) is 59.4 Å². The van der Waals surface area contributed by atoms with Gasteiger partial charge in [-0.3, -0.25) is 0 Å². The summed E-state index contributed by atoms with van der Waals surface area (Å²) in [6, 6.07) is 7.37. The quantitative estimate of drug-likeness (QED) is 0.471. The number of nitrogens with zero attached hydrogens (tertiary/aromatic N) is 2. The minimum absolute atomic E-state index is 0.00883. The maximum Gasteiger partial charge on any atom is 0.244 e. The Labute approximate surface area is 190 Å². The summed E-state index contributed by atoms with van der Waals surface area (Å²) in [6.07, 6.45) is 1.91. The van der Waals surface area contributed by atoms with E-state index in [4.69, 9.17) is 11.6 Å². The van der Waals surface area contributed by atoms with Gasteiger partial charge < -0.3 is 9.36 Å². The van der Waals surface area contributed by atoms with Gasteiger partial charge in [0.25, 0.3) is 0 Å². The minimum atomic E-state index is -3.86. The molecule has 0 N–H and O–H groups in total. The van der Waals surface area contributed by atoms with E-state index in [9.17, 15) is 22.0 Å². The Morgan fingerprint density at radius 1 is 1.09 bits per heavy atom. The largest absolute Gasteiger partial charge is 0.335 e. The molecule has 1 unspecified atom stereocenters. The summed E-state index contributed by atoms with van der Waals surface area (Å²) in [5.41, 5.74) is 2.62. The Hall–Kier alpha value is -2.29. The van der Waals surface area contributed by atoms with Gasteiger partial charge in [-0.15, -0.1) is 0 Å². The van der Waals surface area contributed by atoms with Crippen LogP contribution in [0.5, 0.6) is 0 Å². The third kappa shape index (κ3) is 3.84. The summed E-state index contributed by atoms with van der Waals surface area (Å²) in [6.45, 7) is 4.21. The van der Waals surface area contributed by atoms with Crippen molar-refractivity contribution >= 4 is 38.8 Å². The maximum atomic E-state index is 14.1. The summed E-state index contributed by atoms with van der Waals surface area (Å²) >= 11 is 5.99. The molecular formula is C23H23ClF2N2O3S. The van der Waals surface area contributed by atoms with Crippen LogP contribution in [0.4, 0.5) is 8.78 Å². The van der Waals surface area contributed by atoms with E-state index in [-0.39, 0.29) is 34.7 Å². The third-order valence-electron chi connectivity index (χ3n) is 6.24. The molecule has 32 heavy (non-hydrogen) atoms. The van der Waals surface area contributed by atoms with Crippen LogP contribution in [0.2, 0.25) is 5.02 Å². The first kappa shape index (κ1) is 22.9. The monoisotopic (exact) mass is 480 g/mol. The van der Waals surface area contributed by atoms with Crippen molar-refractivity contribution in [1.29, 1.82) is 0 Å². The number of hydrogen-bond donors (Lipinski definition) is 0. The van der Waals surface area contributed by atoms with Crippen LogP contribution in [0.15, 0.2) is 41.3 Å². The number of halogens is 3. The third-order valence-corrected chi connectivity index (χ3v) is 8.62. The Morgan fingerprint density at radius 2 is 1.72 bits per heavy atom. The summed E-state index contributed by atoms with van der Waals surface area (Å²) < 4.78 is 56.8. The van der Waals surface area contributed by atoms with Crippen LogP contribution in [-0.4, -0.2) is 36.7 Å². The van der Waals surface area contributed by atoms with Gasteiger partial charge in [0, 0.05) is 29.7 Å². The van der Waals surface area contributed by atoms with Gasteiger partial charge in [-0.2, -0.15) is 4.31 Å². The highest BCUT2D eigenvalue weighted by Gasteiger charge is 2.33. The maximum absolute atomic E-state index is 14.1. The molecule has 1 aliphatic rings. The highest BCUT2D eigenvalue weighted by atomic mass is 35.5. The van der Waals surface area contributed by atoms with Crippen LogP contribution >= 0.6 is 11.6 Å². The van der Waals surface area contributed by atoms with Gasteiger partial charge in [-0.05, 0) is 74.6 Å². The van der Waals surface area contributed by atoms with E-state index in [1.165, 1.54) is 22.5 Å². The van der Waals surface area contributed by atoms with Crippen molar-refractivity contribution in [2.24, 2.45) is 0 Å². The Balaban J connectivity index is 1.66. The fourth-order valence-corrected chi connectivity index (χ4v) is 6.72. The lowest BCUT2D eigenvalue weighted by Gasteiger charge is -2.32. The van der Waals surface area contributed by atoms with Crippen molar-refractivity contribution in [3.63, 3.8) is 0 Å². The van der Waals surface area contributed by atoms with E-state index in [0.29, 0.717) is 12.8 Å². The average Bonchev–Trinajstić information content (AvgIpc) is 3.04. The second-order valence-electron chi connectivity index (χ2n) is 8.16. The van der Waals surface area contributed by atoms with Crippen LogP contribution in [-0.2, 0) is 14.8 Å². The molecule has 0 radical (unpaired) electrons. The van der Waals surface area contributed by atoms with Gasteiger partial charge in [0.05, 0.1) is 11.1 Å². The Kier molecular flexibility index (Phi) is 6.13. The zero-order valence-corrected chi connectivity index (χ0v) is 19.3. The molecule has 5 nitrogen and oxygen atoms in total. The van der Waals surface area contributed by atoms with Gasteiger partial charge in [-0.25, -0.2) is 17.2 Å². The second-order valence-corrected chi connectivity index (χ2v) is 10.5.